The lowest BCUT2D eigenvalue weighted by molar-refractivity contribution is 0.173. The van der Waals surface area contributed by atoms with E-state index in [0.29, 0.717) is 11.8 Å². The molecule has 0 bridgehead atoms. The molecule has 0 saturated carbocycles. The summed E-state index contributed by atoms with van der Waals surface area (Å²) >= 11 is 3.23. The summed E-state index contributed by atoms with van der Waals surface area (Å²) in [4.78, 5) is 22.7. The number of aromatic nitrogens is 4. The lowest BCUT2D eigenvalue weighted by Gasteiger charge is -2.31. The van der Waals surface area contributed by atoms with Gasteiger partial charge in [0, 0.05) is 81.4 Å². The second-order valence-electron chi connectivity index (χ2n) is 19.4. The first-order valence-corrected chi connectivity index (χ1v) is 26.2. The third-order valence-electron chi connectivity index (χ3n) is 13.8. The number of nitrogens with zero attached hydrogens (tertiary/aromatic N) is 10. The molecule has 8 heterocycles. The molecule has 0 radical (unpaired) electrons. The summed E-state index contributed by atoms with van der Waals surface area (Å²) in [6, 6.07) is 33.2. The van der Waals surface area contributed by atoms with E-state index in [1.54, 1.807) is 22.7 Å². The van der Waals surface area contributed by atoms with E-state index in [1.165, 1.54) is 35.4 Å². The molecule has 8 aromatic rings. The van der Waals surface area contributed by atoms with E-state index in [2.05, 4.69) is 117 Å². The van der Waals surface area contributed by atoms with Crippen LogP contribution >= 0.6 is 59.9 Å². The summed E-state index contributed by atoms with van der Waals surface area (Å²) < 4.78 is 11.9. The third kappa shape index (κ3) is 14.5. The van der Waals surface area contributed by atoms with Gasteiger partial charge in [0.25, 0.3) is 0 Å². The van der Waals surface area contributed by atoms with Crippen LogP contribution in [0.25, 0.3) is 44.5 Å². The molecule has 2 aliphatic heterocycles. The van der Waals surface area contributed by atoms with Crippen LogP contribution < -0.4 is 0 Å². The Hall–Kier alpha value is -5.23. The molecule has 2 saturated heterocycles. The van der Waals surface area contributed by atoms with Gasteiger partial charge < -0.3 is 18.8 Å². The molecular weight excluding hydrogens is 1020 g/mol. The maximum Gasteiger partial charge on any atom is 0.172 e. The van der Waals surface area contributed by atoms with E-state index in [1.807, 2.05) is 60.9 Å². The number of rotatable bonds is 16. The highest BCUT2D eigenvalue weighted by molar-refractivity contribution is 7.12. The fraction of sp³-hybridized carbons (Fsp3) is 0.393. The number of hydrogen-bond donors (Lipinski definition) is 0. The number of nitriles is 2. The Bertz CT molecular complexity index is 2850. The quantitative estimate of drug-likeness (QED) is 0.0910. The van der Waals surface area contributed by atoms with E-state index in [-0.39, 0.29) is 37.2 Å². The summed E-state index contributed by atoms with van der Waals surface area (Å²) in [5.74, 6) is 1.43. The van der Waals surface area contributed by atoms with Crippen LogP contribution in [0.2, 0.25) is 0 Å². The smallest absolute Gasteiger partial charge is 0.172 e. The van der Waals surface area contributed by atoms with Gasteiger partial charge in [-0.1, -0.05) is 34.6 Å². The van der Waals surface area contributed by atoms with Crippen molar-refractivity contribution in [2.45, 2.75) is 77.5 Å². The second kappa shape index (κ2) is 27.3. The first kappa shape index (κ1) is 57.1. The van der Waals surface area contributed by atoms with E-state index in [0.717, 1.165) is 155 Å². The number of halogens is 3. The Morgan fingerprint density at radius 1 is 0.562 bits per heavy atom. The van der Waals surface area contributed by atoms with Crippen molar-refractivity contribution >= 4 is 81.8 Å². The molecule has 0 spiro atoms. The minimum atomic E-state index is 0. The van der Waals surface area contributed by atoms with Crippen molar-refractivity contribution in [3.8, 4) is 34.7 Å². The van der Waals surface area contributed by atoms with Gasteiger partial charge in [0.15, 0.2) is 11.2 Å². The van der Waals surface area contributed by atoms with Gasteiger partial charge in [0.05, 0.1) is 22.8 Å². The molecule has 6 aromatic heterocycles. The molecular formula is C56H65Cl3N10O2S2. The minimum Gasteiger partial charge on any atom is -0.356 e. The summed E-state index contributed by atoms with van der Waals surface area (Å²) in [7, 11) is 8.30. The Morgan fingerprint density at radius 2 is 0.973 bits per heavy atom. The molecule has 2 fully saturated rings. The maximum absolute atomic E-state index is 9.04. The standard InChI is InChI=1S/2C28H31N5OS.3ClH/c2*1-32(2)19-25-23(26-5-3-4-14-30-26)9-10-24-27(31-34-28(24)25)11-6-20-12-15-33(16-13-20)18-22-8-7-21(17-29)35-22;;;/h2*3-5,7-10,14,20H,6,11-13,15-16,18-19H2,1-2H3;3*1H. The lowest BCUT2D eigenvalue weighted by atomic mass is 9.90. The van der Waals surface area contributed by atoms with E-state index >= 15 is 0 Å². The monoisotopic (exact) mass is 1080 g/mol. The zero-order valence-corrected chi connectivity index (χ0v) is 46.1. The Morgan fingerprint density at radius 3 is 1.32 bits per heavy atom. The van der Waals surface area contributed by atoms with Crippen molar-refractivity contribution < 1.29 is 9.05 Å². The van der Waals surface area contributed by atoms with Gasteiger partial charge in [0.1, 0.15) is 21.9 Å². The van der Waals surface area contributed by atoms with Crippen molar-refractivity contribution in [1.82, 2.24) is 39.9 Å². The minimum absolute atomic E-state index is 0. The number of pyridine rings is 2. The SMILES string of the molecule is CN(C)Cc1c(-c2ccccn2)ccc2c(CCC3CCN(Cc4ccc(C#N)s4)CC3)noc12.CN(C)Cc1c(-c2ccccn2)ccc2c(CCC3CCN(Cc4ccc(C#N)s4)CC3)noc12.Cl.Cl.Cl. The Labute approximate surface area is 456 Å². The molecule has 2 aliphatic rings. The first-order valence-electron chi connectivity index (χ1n) is 24.6. The van der Waals surface area contributed by atoms with Crippen LogP contribution in [0.15, 0.2) is 106 Å². The summed E-state index contributed by atoms with van der Waals surface area (Å²) in [5, 5.41) is 29.4. The molecule has 384 valence electrons. The second-order valence-corrected chi connectivity index (χ2v) is 21.7. The van der Waals surface area contributed by atoms with E-state index < -0.39 is 0 Å². The van der Waals surface area contributed by atoms with Crippen molar-refractivity contribution in [3.63, 3.8) is 0 Å². The predicted octanol–water partition coefficient (Wildman–Crippen LogP) is 12.7. The number of benzene rings is 2. The topological polar surface area (TPSA) is 138 Å². The summed E-state index contributed by atoms with van der Waals surface area (Å²) in [6.07, 6.45) is 12.7. The highest BCUT2D eigenvalue weighted by Crippen LogP contribution is 2.36. The predicted molar refractivity (Wildman–Crippen MR) is 302 cm³/mol. The van der Waals surface area contributed by atoms with Crippen LogP contribution in [-0.2, 0) is 39.0 Å². The summed E-state index contributed by atoms with van der Waals surface area (Å²) in [5.41, 5.74) is 10.3. The average Bonchev–Trinajstić information content (AvgIpc) is 4.22. The van der Waals surface area contributed by atoms with Crippen LogP contribution in [0.1, 0.15) is 80.5 Å². The number of thiophene rings is 2. The molecule has 0 unspecified atom stereocenters. The highest BCUT2D eigenvalue weighted by Gasteiger charge is 2.25. The number of aryl methyl sites for hydroxylation is 2. The van der Waals surface area contributed by atoms with Gasteiger partial charge >= 0.3 is 0 Å². The zero-order chi connectivity index (χ0) is 48.4. The van der Waals surface area contributed by atoms with Crippen LogP contribution in [0.4, 0.5) is 0 Å². The van der Waals surface area contributed by atoms with E-state index in [9.17, 15) is 0 Å². The van der Waals surface area contributed by atoms with Gasteiger partial charge in [0.2, 0.25) is 0 Å². The van der Waals surface area contributed by atoms with Crippen LogP contribution in [-0.4, -0.2) is 94.3 Å². The fourth-order valence-corrected chi connectivity index (χ4v) is 11.8. The highest BCUT2D eigenvalue weighted by atomic mass is 35.5. The molecule has 12 nitrogen and oxygen atoms in total. The number of piperidine rings is 2. The van der Waals surface area contributed by atoms with Crippen LogP contribution in [0.3, 0.4) is 0 Å². The Balaban J connectivity index is 0.000000229. The van der Waals surface area contributed by atoms with Crippen LogP contribution in [0.5, 0.6) is 0 Å². The molecule has 2 aromatic carbocycles. The lowest BCUT2D eigenvalue weighted by Crippen LogP contribution is -2.33. The molecule has 0 aliphatic carbocycles. The number of likely N-dealkylation sites (tertiary alicyclic amines) is 2. The Kier molecular flexibility index (Phi) is 21.4. The third-order valence-corrected chi connectivity index (χ3v) is 15.7. The molecule has 0 atom stereocenters. The average molecular weight is 1080 g/mol. The van der Waals surface area contributed by atoms with Crippen LogP contribution in [0, 0.1) is 34.5 Å². The van der Waals surface area contributed by atoms with Gasteiger partial charge in [-0.25, -0.2) is 0 Å². The fourth-order valence-electron chi connectivity index (χ4n) is 10.1. The van der Waals surface area contributed by atoms with Crippen molar-refractivity contribution in [3.05, 3.63) is 139 Å². The largest absolute Gasteiger partial charge is 0.356 e. The maximum atomic E-state index is 9.04. The zero-order valence-electron chi connectivity index (χ0n) is 42.0. The number of fused-ring (bicyclic) bond motifs is 2. The molecule has 73 heavy (non-hydrogen) atoms. The normalized spacial score (nSPS) is 14.5. The first-order chi connectivity index (χ1) is 34.2. The molecule has 0 amide bonds. The molecule has 17 heteroatoms. The molecule has 10 rings (SSSR count). The van der Waals surface area contributed by atoms with E-state index in [4.69, 9.17) is 19.6 Å². The molecule has 0 N–H and O–H groups in total. The van der Waals surface area contributed by atoms with Crippen molar-refractivity contribution in [1.29, 1.82) is 10.5 Å². The summed E-state index contributed by atoms with van der Waals surface area (Å²) in [6.45, 7) is 7.93. The van der Waals surface area contributed by atoms with Gasteiger partial charge in [-0.3, -0.25) is 19.8 Å². The van der Waals surface area contributed by atoms with Gasteiger partial charge in [-0.05, 0) is 178 Å². The van der Waals surface area contributed by atoms with Crippen molar-refractivity contribution in [2.75, 3.05) is 54.4 Å². The number of hydrogen-bond acceptors (Lipinski definition) is 14. The van der Waals surface area contributed by atoms with Gasteiger partial charge in [-0.2, -0.15) is 10.5 Å². The van der Waals surface area contributed by atoms with Gasteiger partial charge in [-0.15, -0.1) is 59.9 Å². The van der Waals surface area contributed by atoms with Crippen molar-refractivity contribution in [2.24, 2.45) is 11.8 Å².